The summed E-state index contributed by atoms with van der Waals surface area (Å²) in [4.78, 5) is 11.8. The summed E-state index contributed by atoms with van der Waals surface area (Å²) in [5, 5.41) is 0. The number of furan rings is 1. The maximum atomic E-state index is 11.8. The fourth-order valence-electron chi connectivity index (χ4n) is 1.08. The van der Waals surface area contributed by atoms with Gasteiger partial charge in [-0.3, -0.25) is 4.79 Å². The second-order valence-corrected chi connectivity index (χ2v) is 3.56. The molecule has 84 valence electrons. The van der Waals surface area contributed by atoms with Crippen LogP contribution in [0.3, 0.4) is 0 Å². The molecule has 0 aliphatic rings. The van der Waals surface area contributed by atoms with Gasteiger partial charge in [-0.05, 0) is 35.8 Å². The largest absolute Gasteiger partial charge is 0.460 e. The van der Waals surface area contributed by atoms with Gasteiger partial charge in [-0.25, -0.2) is 0 Å². The number of carbonyl (C=O) groups excluding carboxylic acids is 1. The SMILES string of the molecule is CCOC(OCC)C(=O)c1occc1Br. The lowest BCUT2D eigenvalue weighted by atomic mass is 10.3. The lowest BCUT2D eigenvalue weighted by molar-refractivity contribution is -0.108. The highest BCUT2D eigenvalue weighted by Crippen LogP contribution is 2.20. The quantitative estimate of drug-likeness (QED) is 0.592. The van der Waals surface area contributed by atoms with Crippen LogP contribution >= 0.6 is 15.9 Å². The van der Waals surface area contributed by atoms with Crippen molar-refractivity contribution in [2.45, 2.75) is 20.1 Å². The van der Waals surface area contributed by atoms with E-state index in [1.54, 1.807) is 19.9 Å². The third-order valence-electron chi connectivity index (χ3n) is 1.69. The standard InChI is InChI=1S/C10H13BrO4/c1-3-13-10(14-4-2)8(12)9-7(11)5-6-15-9/h5-6,10H,3-4H2,1-2H3. The number of rotatable bonds is 6. The predicted molar refractivity (Wildman–Crippen MR) is 57.8 cm³/mol. The van der Waals surface area contributed by atoms with Crippen molar-refractivity contribution < 1.29 is 18.7 Å². The van der Waals surface area contributed by atoms with Crippen LogP contribution in [0, 0.1) is 0 Å². The molecule has 0 aliphatic carbocycles. The molecule has 1 aromatic heterocycles. The molecule has 1 rings (SSSR count). The number of ketones is 1. The first-order valence-corrected chi connectivity index (χ1v) is 5.50. The van der Waals surface area contributed by atoms with Crippen LogP contribution < -0.4 is 0 Å². The minimum Gasteiger partial charge on any atom is -0.460 e. The zero-order valence-corrected chi connectivity index (χ0v) is 10.2. The van der Waals surface area contributed by atoms with Gasteiger partial charge >= 0.3 is 0 Å². The van der Waals surface area contributed by atoms with Crippen LogP contribution in [0.25, 0.3) is 0 Å². The molecular weight excluding hydrogens is 264 g/mol. The lowest BCUT2D eigenvalue weighted by Crippen LogP contribution is -2.27. The fourth-order valence-corrected chi connectivity index (χ4v) is 1.48. The molecule has 0 radical (unpaired) electrons. The van der Waals surface area contributed by atoms with Gasteiger partial charge in [0.05, 0.1) is 10.7 Å². The summed E-state index contributed by atoms with van der Waals surface area (Å²) >= 11 is 3.21. The average molecular weight is 277 g/mol. The van der Waals surface area contributed by atoms with Gasteiger partial charge in [0.25, 0.3) is 5.78 Å². The number of carbonyl (C=O) groups is 1. The van der Waals surface area contributed by atoms with E-state index in [0.717, 1.165) is 0 Å². The van der Waals surface area contributed by atoms with Crippen LogP contribution in [0.15, 0.2) is 21.2 Å². The van der Waals surface area contributed by atoms with Crippen molar-refractivity contribution in [3.8, 4) is 0 Å². The highest BCUT2D eigenvalue weighted by molar-refractivity contribution is 9.10. The molecule has 0 spiro atoms. The Morgan fingerprint density at radius 3 is 2.47 bits per heavy atom. The summed E-state index contributed by atoms with van der Waals surface area (Å²) in [6.07, 6.45) is 0.550. The molecule has 0 fully saturated rings. The molecule has 15 heavy (non-hydrogen) atoms. The third kappa shape index (κ3) is 3.15. The number of Topliss-reactive ketones (excluding diaryl/α,β-unsaturated/α-hetero) is 1. The summed E-state index contributed by atoms with van der Waals surface area (Å²) in [5.41, 5.74) is 0. The van der Waals surface area contributed by atoms with E-state index in [-0.39, 0.29) is 11.5 Å². The molecule has 1 aromatic rings. The maximum absolute atomic E-state index is 11.8. The molecule has 0 aromatic carbocycles. The van der Waals surface area contributed by atoms with Gasteiger partial charge in [0, 0.05) is 13.2 Å². The molecule has 0 atom stereocenters. The van der Waals surface area contributed by atoms with Crippen molar-refractivity contribution in [1.82, 2.24) is 0 Å². The average Bonchev–Trinajstić information content (AvgIpc) is 2.63. The van der Waals surface area contributed by atoms with E-state index in [1.165, 1.54) is 6.26 Å². The van der Waals surface area contributed by atoms with Crippen LogP contribution in [-0.4, -0.2) is 25.3 Å². The van der Waals surface area contributed by atoms with Crippen molar-refractivity contribution >= 4 is 21.7 Å². The van der Waals surface area contributed by atoms with Gasteiger partial charge in [0.1, 0.15) is 0 Å². The Balaban J connectivity index is 2.76. The van der Waals surface area contributed by atoms with Crippen LogP contribution in [0.2, 0.25) is 0 Å². The van der Waals surface area contributed by atoms with E-state index in [1.807, 2.05) is 0 Å². The number of hydrogen-bond acceptors (Lipinski definition) is 4. The second kappa shape index (κ2) is 6.05. The van der Waals surface area contributed by atoms with Gasteiger partial charge < -0.3 is 13.9 Å². The Labute approximate surface area is 96.7 Å². The first-order chi connectivity index (χ1) is 7.20. The lowest BCUT2D eigenvalue weighted by Gasteiger charge is -2.14. The first-order valence-electron chi connectivity index (χ1n) is 4.71. The van der Waals surface area contributed by atoms with E-state index >= 15 is 0 Å². The number of halogens is 1. The van der Waals surface area contributed by atoms with Crippen LogP contribution in [0.1, 0.15) is 24.4 Å². The van der Waals surface area contributed by atoms with Gasteiger partial charge in [0.15, 0.2) is 5.76 Å². The van der Waals surface area contributed by atoms with Gasteiger partial charge in [0.2, 0.25) is 6.29 Å². The highest BCUT2D eigenvalue weighted by atomic mass is 79.9. The molecule has 5 heteroatoms. The molecule has 0 saturated carbocycles. The van der Waals surface area contributed by atoms with Crippen LogP contribution in [-0.2, 0) is 9.47 Å². The van der Waals surface area contributed by atoms with Crippen molar-refractivity contribution in [3.63, 3.8) is 0 Å². The normalized spacial score (nSPS) is 10.9. The Morgan fingerprint density at radius 2 is 2.07 bits per heavy atom. The summed E-state index contributed by atoms with van der Waals surface area (Å²) in [7, 11) is 0. The van der Waals surface area contributed by atoms with Crippen molar-refractivity contribution in [1.29, 1.82) is 0 Å². The zero-order valence-electron chi connectivity index (χ0n) is 8.66. The predicted octanol–water partition coefficient (Wildman–Crippen LogP) is 2.62. The molecule has 0 bridgehead atoms. The zero-order chi connectivity index (χ0) is 11.3. The molecule has 0 amide bonds. The van der Waals surface area contributed by atoms with Crippen molar-refractivity contribution in [2.75, 3.05) is 13.2 Å². The minimum atomic E-state index is -0.887. The van der Waals surface area contributed by atoms with E-state index < -0.39 is 6.29 Å². The smallest absolute Gasteiger partial charge is 0.254 e. The molecule has 0 N–H and O–H groups in total. The second-order valence-electron chi connectivity index (χ2n) is 2.70. The van der Waals surface area contributed by atoms with E-state index in [9.17, 15) is 4.79 Å². The van der Waals surface area contributed by atoms with E-state index in [0.29, 0.717) is 17.7 Å². The van der Waals surface area contributed by atoms with Crippen LogP contribution in [0.5, 0.6) is 0 Å². The van der Waals surface area contributed by atoms with Gasteiger partial charge in [-0.15, -0.1) is 0 Å². The Kier molecular flexibility index (Phi) is 5.01. The van der Waals surface area contributed by atoms with Gasteiger partial charge in [-0.1, -0.05) is 0 Å². The molecule has 0 saturated heterocycles. The van der Waals surface area contributed by atoms with Gasteiger partial charge in [-0.2, -0.15) is 0 Å². The Bertz CT molecular complexity index is 315. The Morgan fingerprint density at radius 1 is 1.47 bits per heavy atom. The molecular formula is C10H13BrO4. The molecule has 0 unspecified atom stereocenters. The van der Waals surface area contributed by atoms with Crippen molar-refractivity contribution in [3.05, 3.63) is 22.6 Å². The Hall–Kier alpha value is -0.650. The number of hydrogen-bond donors (Lipinski definition) is 0. The first kappa shape index (κ1) is 12.4. The maximum Gasteiger partial charge on any atom is 0.254 e. The van der Waals surface area contributed by atoms with Crippen LogP contribution in [0.4, 0.5) is 0 Å². The molecule has 0 aliphatic heterocycles. The summed E-state index contributed by atoms with van der Waals surface area (Å²) in [6, 6.07) is 1.65. The monoisotopic (exact) mass is 276 g/mol. The molecule has 4 nitrogen and oxygen atoms in total. The van der Waals surface area contributed by atoms with Crippen molar-refractivity contribution in [2.24, 2.45) is 0 Å². The third-order valence-corrected chi connectivity index (χ3v) is 2.32. The van der Waals surface area contributed by atoms with E-state index in [4.69, 9.17) is 13.9 Å². The fraction of sp³-hybridized carbons (Fsp3) is 0.500. The topological polar surface area (TPSA) is 48.7 Å². The summed E-state index contributed by atoms with van der Waals surface area (Å²) in [5.74, 6) is -0.0857. The summed E-state index contributed by atoms with van der Waals surface area (Å²) < 4.78 is 16.0. The summed E-state index contributed by atoms with van der Waals surface area (Å²) in [6.45, 7) is 4.43. The minimum absolute atomic E-state index is 0.224. The highest BCUT2D eigenvalue weighted by Gasteiger charge is 2.25. The van der Waals surface area contributed by atoms with E-state index in [2.05, 4.69) is 15.9 Å². The number of ether oxygens (including phenoxy) is 2. The molecule has 1 heterocycles.